The number of benzene rings is 2. The molecule has 228 valence electrons. The van der Waals surface area contributed by atoms with Crippen molar-refractivity contribution in [2.45, 2.75) is 20.0 Å². The Morgan fingerprint density at radius 3 is 2.42 bits per heavy atom. The van der Waals surface area contributed by atoms with Crippen molar-refractivity contribution < 1.29 is 9.53 Å². The number of rotatable bonds is 14. The molecular weight excluding hydrogens is 542 g/mol. The van der Waals surface area contributed by atoms with E-state index in [0.717, 1.165) is 35.7 Å². The minimum atomic E-state index is -0.316. The van der Waals surface area contributed by atoms with Gasteiger partial charge in [-0.1, -0.05) is 24.8 Å². The second kappa shape index (κ2) is 15.4. The van der Waals surface area contributed by atoms with E-state index in [0.29, 0.717) is 28.8 Å². The van der Waals surface area contributed by atoms with Crippen LogP contribution in [0.5, 0.6) is 5.75 Å². The van der Waals surface area contributed by atoms with Gasteiger partial charge in [-0.15, -0.1) is 0 Å². The van der Waals surface area contributed by atoms with Gasteiger partial charge in [-0.05, 0) is 58.9 Å². The van der Waals surface area contributed by atoms with Crippen LogP contribution < -0.4 is 25.6 Å². The minimum Gasteiger partial charge on any atom is -0.489 e. The van der Waals surface area contributed by atoms with Gasteiger partial charge < -0.3 is 30.5 Å². The van der Waals surface area contributed by atoms with Gasteiger partial charge in [0, 0.05) is 63.8 Å². The smallest absolute Gasteiger partial charge is 0.247 e. The summed E-state index contributed by atoms with van der Waals surface area (Å²) in [5, 5.41) is 14.2. The van der Waals surface area contributed by atoms with Crippen LogP contribution in [0.15, 0.2) is 83.2 Å². The Hall–Kier alpha value is -4.90. The Morgan fingerprint density at radius 1 is 1.07 bits per heavy atom. The Balaban J connectivity index is 1.99. The molecule has 3 rings (SSSR count). The fraction of sp³-hybridized carbons (Fsp3) is 0.312. The van der Waals surface area contributed by atoms with Gasteiger partial charge in [0.25, 0.3) is 0 Å². The van der Waals surface area contributed by atoms with Crippen molar-refractivity contribution in [3.63, 3.8) is 0 Å². The number of nitrogens with one attached hydrogen (secondary N) is 3. The third kappa shape index (κ3) is 9.30. The normalized spacial score (nSPS) is 11.8. The summed E-state index contributed by atoms with van der Waals surface area (Å²) in [5.74, 6) is 1.26. The highest BCUT2D eigenvalue weighted by molar-refractivity contribution is 6.07. The molecule has 1 heterocycles. The quantitative estimate of drug-likeness (QED) is 0.137. The molecule has 0 bridgehead atoms. The molecule has 0 fully saturated rings. The monoisotopic (exact) mass is 585 g/mol. The van der Waals surface area contributed by atoms with Gasteiger partial charge in [-0.25, -0.2) is 4.99 Å². The fourth-order valence-electron chi connectivity index (χ4n) is 4.15. The topological polar surface area (TPSA) is 111 Å². The van der Waals surface area contributed by atoms with Crippen LogP contribution in [0.3, 0.4) is 0 Å². The number of hydrogen-bond acceptors (Lipinski definition) is 8. The van der Waals surface area contributed by atoms with Gasteiger partial charge in [0.05, 0.1) is 28.9 Å². The van der Waals surface area contributed by atoms with E-state index >= 15 is 0 Å². The maximum Gasteiger partial charge on any atom is 0.247 e. The molecule has 3 aromatic rings. The first kappa shape index (κ1) is 32.6. The maximum atomic E-state index is 12.4. The molecule has 11 nitrogen and oxygen atoms in total. The molecule has 0 saturated carbocycles. The molecule has 43 heavy (non-hydrogen) atoms. The van der Waals surface area contributed by atoms with Crippen LogP contribution in [0, 0.1) is 0 Å². The lowest BCUT2D eigenvalue weighted by Crippen LogP contribution is -2.29. The molecule has 2 aromatic carbocycles. The third-order valence-electron chi connectivity index (χ3n) is 6.32. The van der Waals surface area contributed by atoms with Crippen molar-refractivity contribution in [1.82, 2.24) is 14.7 Å². The molecule has 0 aliphatic carbocycles. The molecule has 1 amide bonds. The zero-order chi connectivity index (χ0) is 31.5. The summed E-state index contributed by atoms with van der Waals surface area (Å²) in [7, 11) is 9.57. The lowest BCUT2D eigenvalue weighted by Gasteiger charge is -2.26. The highest BCUT2D eigenvalue weighted by Gasteiger charge is 2.18. The van der Waals surface area contributed by atoms with Gasteiger partial charge in [-0.3, -0.25) is 14.5 Å². The van der Waals surface area contributed by atoms with E-state index in [1.165, 1.54) is 6.08 Å². The van der Waals surface area contributed by atoms with Crippen LogP contribution >= 0.6 is 0 Å². The summed E-state index contributed by atoms with van der Waals surface area (Å²) in [6, 6.07) is 13.5. The number of amides is 1. The summed E-state index contributed by atoms with van der Waals surface area (Å²) in [6.07, 6.45) is 4.80. The summed E-state index contributed by atoms with van der Waals surface area (Å²) in [6.45, 7) is 12.9. The van der Waals surface area contributed by atoms with E-state index in [9.17, 15) is 4.79 Å². The zero-order valence-electron chi connectivity index (χ0n) is 26.2. The van der Waals surface area contributed by atoms with E-state index in [1.54, 1.807) is 17.8 Å². The highest BCUT2D eigenvalue weighted by atomic mass is 16.5. The number of para-hydroxylation sites is 1. The molecule has 0 aliphatic heterocycles. The van der Waals surface area contributed by atoms with E-state index < -0.39 is 0 Å². The molecular formula is C32H43N9O2. The maximum absolute atomic E-state index is 12.4. The standard InChI is InChI=1S/C32H43N9O2/c1-10-32(42)37-26-19-27(29(43-22(2)3)20-28(26)40(8)18-17-39(6)7)36-31(34-5)21-30(33-4)35-24-14-12-11-13-23(24)25-15-16-41(9)38-25/h10-16,19-22,35H,1,4,17-18H2,2-3,5-9H3,(H,34,36)(H,37,42)/b30-21+. The minimum absolute atomic E-state index is 0.0955. The van der Waals surface area contributed by atoms with Crippen LogP contribution in [0.2, 0.25) is 0 Å². The third-order valence-corrected chi connectivity index (χ3v) is 6.32. The molecule has 0 saturated heterocycles. The number of ether oxygens (including phenoxy) is 1. The first-order valence-electron chi connectivity index (χ1n) is 14.0. The molecule has 0 atom stereocenters. The average Bonchev–Trinajstić information content (AvgIpc) is 3.41. The van der Waals surface area contributed by atoms with Crippen molar-refractivity contribution in [3.05, 3.63) is 73.2 Å². The number of aromatic nitrogens is 2. The largest absolute Gasteiger partial charge is 0.489 e. The Morgan fingerprint density at radius 2 is 1.81 bits per heavy atom. The average molecular weight is 586 g/mol. The number of amidine groups is 1. The van der Waals surface area contributed by atoms with Gasteiger partial charge >= 0.3 is 0 Å². The lowest BCUT2D eigenvalue weighted by atomic mass is 10.1. The number of carbonyl (C=O) groups is 1. The first-order valence-corrected chi connectivity index (χ1v) is 14.0. The lowest BCUT2D eigenvalue weighted by molar-refractivity contribution is -0.111. The summed E-state index contributed by atoms with van der Waals surface area (Å²) < 4.78 is 7.98. The Labute approximate surface area is 254 Å². The van der Waals surface area contributed by atoms with E-state index in [1.807, 2.05) is 90.7 Å². The van der Waals surface area contributed by atoms with Crippen molar-refractivity contribution in [2.24, 2.45) is 17.0 Å². The van der Waals surface area contributed by atoms with Gasteiger partial charge in [0.1, 0.15) is 17.4 Å². The van der Waals surface area contributed by atoms with Crippen LogP contribution in [0.1, 0.15) is 13.8 Å². The molecule has 0 unspecified atom stereocenters. The second-order valence-corrected chi connectivity index (χ2v) is 10.4. The van der Waals surface area contributed by atoms with Gasteiger partial charge in [0.15, 0.2) is 0 Å². The molecule has 0 radical (unpaired) electrons. The summed E-state index contributed by atoms with van der Waals surface area (Å²) >= 11 is 0. The molecule has 11 heteroatoms. The molecule has 1 aromatic heterocycles. The molecule has 0 spiro atoms. The van der Waals surface area contributed by atoms with Crippen LogP contribution in [0.25, 0.3) is 11.3 Å². The van der Waals surface area contributed by atoms with Crippen molar-refractivity contribution in [2.75, 3.05) is 62.1 Å². The number of hydrogen-bond donors (Lipinski definition) is 3. The van der Waals surface area contributed by atoms with Crippen LogP contribution in [0.4, 0.5) is 22.7 Å². The summed E-state index contributed by atoms with van der Waals surface area (Å²) in [4.78, 5) is 25.2. The Bertz CT molecular complexity index is 1490. The molecule has 3 N–H and O–H groups in total. The SMILES string of the molecule is C=CC(=O)Nc1cc(NC(/C=C(\N=C)Nc2ccccc2-c2ccn(C)n2)=NC)c(OC(C)C)cc1N(C)CCN(C)C. The number of aliphatic imine (C=N–C) groups is 2. The van der Waals surface area contributed by atoms with Crippen molar-refractivity contribution in [1.29, 1.82) is 0 Å². The number of nitrogens with zero attached hydrogens (tertiary/aromatic N) is 6. The second-order valence-electron chi connectivity index (χ2n) is 10.4. The highest BCUT2D eigenvalue weighted by Crippen LogP contribution is 2.38. The zero-order valence-corrected chi connectivity index (χ0v) is 26.2. The number of aryl methyl sites for hydroxylation is 1. The number of likely N-dealkylation sites (N-methyl/N-ethyl adjacent to an activating group) is 2. The fourth-order valence-corrected chi connectivity index (χ4v) is 4.15. The van der Waals surface area contributed by atoms with E-state index in [4.69, 9.17) is 4.74 Å². The predicted molar refractivity (Wildman–Crippen MR) is 180 cm³/mol. The van der Waals surface area contributed by atoms with Gasteiger partial charge in [-0.2, -0.15) is 5.10 Å². The van der Waals surface area contributed by atoms with E-state index in [-0.39, 0.29) is 12.0 Å². The summed E-state index contributed by atoms with van der Waals surface area (Å²) in [5.41, 5.74) is 4.60. The molecule has 0 aliphatic rings. The van der Waals surface area contributed by atoms with E-state index in [2.05, 4.69) is 54.1 Å². The van der Waals surface area contributed by atoms with Crippen molar-refractivity contribution >= 4 is 41.2 Å². The van der Waals surface area contributed by atoms with Crippen LogP contribution in [-0.2, 0) is 11.8 Å². The van der Waals surface area contributed by atoms with Crippen molar-refractivity contribution in [3.8, 4) is 17.0 Å². The predicted octanol–water partition coefficient (Wildman–Crippen LogP) is 5.09. The number of carbonyl (C=O) groups excluding carboxylic acids is 1. The first-order chi connectivity index (χ1) is 20.5. The van der Waals surface area contributed by atoms with Crippen LogP contribution in [-0.4, -0.2) is 80.5 Å². The number of anilines is 4. The Kier molecular flexibility index (Phi) is 11.7. The van der Waals surface area contributed by atoms with Gasteiger partial charge in [0.2, 0.25) is 5.91 Å².